The average molecular weight is 306 g/mol. The number of nitrogen functional groups attached to an aromatic ring is 1. The van der Waals surface area contributed by atoms with Crippen molar-refractivity contribution in [3.05, 3.63) is 48.5 Å². The molecule has 1 aromatic carbocycles. The molecule has 0 fully saturated rings. The summed E-state index contributed by atoms with van der Waals surface area (Å²) in [6.07, 6.45) is 2.31. The third-order valence-corrected chi connectivity index (χ3v) is 4.32. The van der Waals surface area contributed by atoms with Crippen LogP contribution < -0.4 is 10.5 Å². The Kier molecular flexibility index (Phi) is 3.02. The molecule has 3 rings (SSSR count). The summed E-state index contributed by atoms with van der Waals surface area (Å²) in [5.74, 6) is -0.507. The Balaban J connectivity index is 2.04. The number of fused-ring (bicyclic) bond motifs is 1. The summed E-state index contributed by atoms with van der Waals surface area (Å²) in [4.78, 5) is 6.58. The van der Waals surface area contributed by atoms with Gasteiger partial charge in [-0.05, 0) is 30.3 Å². The second kappa shape index (κ2) is 4.74. The van der Waals surface area contributed by atoms with Crippen molar-refractivity contribution in [2.24, 2.45) is 0 Å². The molecule has 2 heterocycles. The largest absolute Gasteiger partial charge is 0.399 e. The Morgan fingerprint density at radius 3 is 2.76 bits per heavy atom. The molecule has 0 spiro atoms. The molecule has 6 nitrogen and oxygen atoms in total. The van der Waals surface area contributed by atoms with Crippen LogP contribution in [0.15, 0.2) is 47.6 Å². The number of hydrogen-bond donors (Lipinski definition) is 3. The molecule has 0 radical (unpaired) electrons. The predicted octanol–water partition coefficient (Wildman–Crippen LogP) is 2.08. The van der Waals surface area contributed by atoms with E-state index in [4.69, 9.17) is 5.73 Å². The number of nitrogens with zero attached hydrogens (tertiary/aromatic N) is 1. The first kappa shape index (κ1) is 13.4. The highest BCUT2D eigenvalue weighted by atomic mass is 32.2. The van der Waals surface area contributed by atoms with Gasteiger partial charge < -0.3 is 10.7 Å². The number of aromatic amines is 1. The Hall–Kier alpha value is -2.61. The fraction of sp³-hybridized carbons (Fsp3) is 0. The van der Waals surface area contributed by atoms with E-state index in [0.717, 1.165) is 12.3 Å². The quantitative estimate of drug-likeness (QED) is 0.645. The number of halogens is 1. The Morgan fingerprint density at radius 1 is 1.24 bits per heavy atom. The number of sulfonamides is 1. The van der Waals surface area contributed by atoms with Crippen molar-refractivity contribution in [1.29, 1.82) is 0 Å². The molecule has 8 heteroatoms. The molecule has 0 bridgehead atoms. The van der Waals surface area contributed by atoms with Gasteiger partial charge in [-0.1, -0.05) is 0 Å². The summed E-state index contributed by atoms with van der Waals surface area (Å²) in [5, 5.41) is 0.476. The topological polar surface area (TPSA) is 101 Å². The number of H-pyrrole nitrogens is 1. The zero-order valence-electron chi connectivity index (χ0n) is 10.7. The van der Waals surface area contributed by atoms with Crippen molar-refractivity contribution in [3.63, 3.8) is 0 Å². The standard InChI is InChI=1S/C13H11FN4O2S/c14-8-1-4-13(17-6-8)18-21(19,20)12-7-16-11-3-2-9(15)5-10(11)12/h1-7,16H,15H2,(H,17,18). The van der Waals surface area contributed by atoms with E-state index in [2.05, 4.69) is 14.7 Å². The highest BCUT2D eigenvalue weighted by Crippen LogP contribution is 2.26. The van der Waals surface area contributed by atoms with Crippen LogP contribution in [0.25, 0.3) is 10.9 Å². The first-order valence-electron chi connectivity index (χ1n) is 5.97. The molecular weight excluding hydrogens is 295 g/mol. The lowest BCUT2D eigenvalue weighted by Crippen LogP contribution is -2.13. The van der Waals surface area contributed by atoms with E-state index in [1.54, 1.807) is 18.2 Å². The van der Waals surface area contributed by atoms with E-state index >= 15 is 0 Å². The van der Waals surface area contributed by atoms with E-state index < -0.39 is 15.8 Å². The van der Waals surface area contributed by atoms with Gasteiger partial charge in [-0.3, -0.25) is 4.72 Å². The van der Waals surface area contributed by atoms with Gasteiger partial charge in [0.1, 0.15) is 16.5 Å². The van der Waals surface area contributed by atoms with Gasteiger partial charge in [0, 0.05) is 22.8 Å². The van der Waals surface area contributed by atoms with E-state index in [1.807, 2.05) is 0 Å². The molecular formula is C13H11FN4O2S. The van der Waals surface area contributed by atoms with Gasteiger partial charge in [-0.2, -0.15) is 0 Å². The first-order valence-corrected chi connectivity index (χ1v) is 7.45. The van der Waals surface area contributed by atoms with Crippen LogP contribution in [-0.2, 0) is 10.0 Å². The Bertz CT molecular complexity index is 904. The molecule has 0 saturated heterocycles. The Morgan fingerprint density at radius 2 is 2.05 bits per heavy atom. The highest BCUT2D eigenvalue weighted by molar-refractivity contribution is 7.93. The van der Waals surface area contributed by atoms with E-state index in [-0.39, 0.29) is 10.7 Å². The van der Waals surface area contributed by atoms with Crippen molar-refractivity contribution in [2.75, 3.05) is 10.5 Å². The van der Waals surface area contributed by atoms with E-state index in [9.17, 15) is 12.8 Å². The van der Waals surface area contributed by atoms with Crippen molar-refractivity contribution in [3.8, 4) is 0 Å². The second-order valence-electron chi connectivity index (χ2n) is 4.43. The lowest BCUT2D eigenvalue weighted by Gasteiger charge is -2.06. The maximum Gasteiger partial charge on any atom is 0.265 e. The summed E-state index contributed by atoms with van der Waals surface area (Å²) >= 11 is 0. The van der Waals surface area contributed by atoms with Crippen LogP contribution in [0.4, 0.5) is 15.9 Å². The van der Waals surface area contributed by atoms with Crippen molar-refractivity contribution < 1.29 is 12.8 Å². The van der Waals surface area contributed by atoms with Crippen LogP contribution in [0.3, 0.4) is 0 Å². The molecule has 0 saturated carbocycles. The van der Waals surface area contributed by atoms with Gasteiger partial charge in [0.2, 0.25) is 0 Å². The summed E-state index contributed by atoms with van der Waals surface area (Å²) in [7, 11) is -3.85. The summed E-state index contributed by atoms with van der Waals surface area (Å²) in [6, 6.07) is 7.30. The summed E-state index contributed by atoms with van der Waals surface area (Å²) in [5.41, 5.74) is 6.79. The molecule has 2 aromatic heterocycles. The number of aromatic nitrogens is 2. The Labute approximate surface area is 119 Å². The lowest BCUT2D eigenvalue weighted by atomic mass is 10.2. The summed E-state index contributed by atoms with van der Waals surface area (Å²) in [6.45, 7) is 0. The molecule has 0 unspecified atom stereocenters. The van der Waals surface area contributed by atoms with Gasteiger partial charge >= 0.3 is 0 Å². The van der Waals surface area contributed by atoms with E-state index in [1.165, 1.54) is 12.3 Å². The molecule has 3 aromatic rings. The third kappa shape index (κ3) is 2.52. The maximum absolute atomic E-state index is 12.8. The number of rotatable bonds is 3. The minimum absolute atomic E-state index is 0.0367. The molecule has 0 amide bonds. The lowest BCUT2D eigenvalue weighted by molar-refractivity contribution is 0.601. The SMILES string of the molecule is Nc1ccc2[nH]cc(S(=O)(=O)Nc3ccc(F)cn3)c2c1. The smallest absolute Gasteiger partial charge is 0.265 e. The van der Waals surface area contributed by atoms with Crippen LogP contribution in [-0.4, -0.2) is 18.4 Å². The minimum Gasteiger partial charge on any atom is -0.399 e. The molecule has 0 aliphatic carbocycles. The van der Waals surface area contributed by atoms with Gasteiger partial charge in [0.25, 0.3) is 10.0 Å². The fourth-order valence-corrected chi connectivity index (χ4v) is 3.14. The number of nitrogens with one attached hydrogen (secondary N) is 2. The molecule has 108 valence electrons. The number of hydrogen-bond acceptors (Lipinski definition) is 4. The molecule has 0 atom stereocenters. The van der Waals surface area contributed by atoms with Gasteiger partial charge in [0.15, 0.2) is 0 Å². The van der Waals surface area contributed by atoms with Crippen LogP contribution in [0.5, 0.6) is 0 Å². The first-order chi connectivity index (χ1) is 9.95. The average Bonchev–Trinajstić information content (AvgIpc) is 2.85. The number of anilines is 2. The van der Waals surface area contributed by atoms with Crippen LogP contribution in [0, 0.1) is 5.82 Å². The zero-order chi connectivity index (χ0) is 15.0. The highest BCUT2D eigenvalue weighted by Gasteiger charge is 2.19. The predicted molar refractivity (Wildman–Crippen MR) is 77.7 cm³/mol. The normalized spacial score (nSPS) is 11.7. The molecule has 21 heavy (non-hydrogen) atoms. The maximum atomic E-state index is 12.8. The van der Waals surface area contributed by atoms with Crippen LogP contribution in [0.1, 0.15) is 0 Å². The molecule has 0 aliphatic rings. The third-order valence-electron chi connectivity index (χ3n) is 2.92. The van der Waals surface area contributed by atoms with E-state index in [0.29, 0.717) is 16.6 Å². The van der Waals surface area contributed by atoms with Gasteiger partial charge in [0.05, 0.1) is 6.20 Å². The van der Waals surface area contributed by atoms with Crippen molar-refractivity contribution in [2.45, 2.75) is 4.90 Å². The second-order valence-corrected chi connectivity index (χ2v) is 6.08. The fourth-order valence-electron chi connectivity index (χ4n) is 1.96. The molecule has 0 aliphatic heterocycles. The summed E-state index contributed by atoms with van der Waals surface area (Å²) < 4.78 is 39.8. The minimum atomic E-state index is -3.85. The van der Waals surface area contributed by atoms with Crippen molar-refractivity contribution >= 4 is 32.4 Å². The molecule has 4 N–H and O–H groups in total. The zero-order valence-corrected chi connectivity index (χ0v) is 11.5. The number of benzene rings is 1. The monoisotopic (exact) mass is 306 g/mol. The van der Waals surface area contributed by atoms with Crippen LogP contribution >= 0.6 is 0 Å². The number of pyridine rings is 1. The van der Waals surface area contributed by atoms with Gasteiger partial charge in [-0.25, -0.2) is 17.8 Å². The van der Waals surface area contributed by atoms with Gasteiger partial charge in [-0.15, -0.1) is 0 Å². The van der Waals surface area contributed by atoms with Crippen molar-refractivity contribution in [1.82, 2.24) is 9.97 Å². The number of nitrogens with two attached hydrogens (primary N) is 1. The van der Waals surface area contributed by atoms with Crippen LogP contribution in [0.2, 0.25) is 0 Å².